The maximum absolute atomic E-state index is 11.2. The summed E-state index contributed by atoms with van der Waals surface area (Å²) in [6, 6.07) is 7.19. The summed E-state index contributed by atoms with van der Waals surface area (Å²) >= 11 is 5.96. The van der Waals surface area contributed by atoms with Crippen molar-refractivity contribution in [1.82, 2.24) is 9.97 Å². The van der Waals surface area contributed by atoms with E-state index < -0.39 is 11.5 Å². The van der Waals surface area contributed by atoms with Gasteiger partial charge in [0, 0.05) is 22.7 Å². The Morgan fingerprint density at radius 1 is 1.42 bits per heavy atom. The van der Waals surface area contributed by atoms with E-state index in [9.17, 15) is 9.90 Å². The van der Waals surface area contributed by atoms with Crippen LogP contribution in [0.1, 0.15) is 53.3 Å². The molecule has 1 amide bonds. The van der Waals surface area contributed by atoms with Crippen LogP contribution in [0, 0.1) is 11.8 Å². The second-order valence-electron chi connectivity index (χ2n) is 6.48. The Kier molecular flexibility index (Phi) is 5.12. The van der Waals surface area contributed by atoms with Gasteiger partial charge in [0.25, 0.3) is 5.91 Å². The molecule has 5 N–H and O–H groups in total. The number of hydrogen-bond donors (Lipinski definition) is 3. The molecule has 1 aliphatic carbocycles. The van der Waals surface area contributed by atoms with Crippen LogP contribution in [0.5, 0.6) is 0 Å². The van der Waals surface area contributed by atoms with Crippen molar-refractivity contribution in [3.8, 4) is 11.8 Å². The van der Waals surface area contributed by atoms with Crippen molar-refractivity contribution in [3.63, 3.8) is 0 Å². The van der Waals surface area contributed by atoms with E-state index in [1.54, 1.807) is 12.1 Å². The minimum atomic E-state index is -1.12. The molecule has 1 saturated carbocycles. The number of nitrogens with zero attached hydrogens (tertiary/aromatic N) is 2. The largest absolute Gasteiger partial charge is 0.382 e. The van der Waals surface area contributed by atoms with Crippen LogP contribution < -0.4 is 11.5 Å². The highest BCUT2D eigenvalue weighted by Crippen LogP contribution is 2.37. The van der Waals surface area contributed by atoms with Crippen LogP contribution in [0.4, 0.5) is 5.82 Å². The molecule has 0 unspecified atom stereocenters. The van der Waals surface area contributed by atoms with E-state index in [1.165, 1.54) is 6.20 Å². The quantitative estimate of drug-likeness (QED) is 0.701. The third kappa shape index (κ3) is 4.13. The van der Waals surface area contributed by atoms with E-state index in [0.29, 0.717) is 23.6 Å². The standard InChI is InChI=1S/C19H19ClN4O2/c20-14-5-1-3-12(9-14)6-8-19(26)7-2-4-13(10-19)15-11-23-16(18(22)25)17(21)24-15/h1,3,5,9,11,13,26H,2,4,7,10H2,(H2,21,24)(H2,22,25)/t13-,19+/m0/s1. The first kappa shape index (κ1) is 18.2. The van der Waals surface area contributed by atoms with Gasteiger partial charge in [-0.15, -0.1) is 0 Å². The number of aromatic nitrogens is 2. The third-order valence-electron chi connectivity index (χ3n) is 4.46. The second-order valence-corrected chi connectivity index (χ2v) is 6.91. The highest BCUT2D eigenvalue weighted by molar-refractivity contribution is 6.30. The van der Waals surface area contributed by atoms with Crippen molar-refractivity contribution < 1.29 is 9.90 Å². The van der Waals surface area contributed by atoms with Gasteiger partial charge in [-0.25, -0.2) is 9.97 Å². The van der Waals surface area contributed by atoms with Gasteiger partial charge in [-0.05, 0) is 43.9 Å². The third-order valence-corrected chi connectivity index (χ3v) is 4.70. The number of hydrogen-bond acceptors (Lipinski definition) is 5. The number of rotatable bonds is 2. The molecule has 1 heterocycles. The van der Waals surface area contributed by atoms with Crippen molar-refractivity contribution in [3.05, 3.63) is 52.4 Å². The number of carbonyl (C=O) groups is 1. The Hall–Kier alpha value is -2.62. The number of amides is 1. The first-order valence-corrected chi connectivity index (χ1v) is 8.67. The summed E-state index contributed by atoms with van der Waals surface area (Å²) in [7, 11) is 0. The van der Waals surface area contributed by atoms with Crippen LogP contribution in [-0.4, -0.2) is 26.6 Å². The van der Waals surface area contributed by atoms with Gasteiger partial charge in [-0.3, -0.25) is 4.79 Å². The number of benzene rings is 1. The summed E-state index contributed by atoms with van der Waals surface area (Å²) in [4.78, 5) is 19.5. The number of halogens is 1. The maximum atomic E-state index is 11.2. The summed E-state index contributed by atoms with van der Waals surface area (Å²) < 4.78 is 0. The zero-order chi connectivity index (χ0) is 18.7. The van der Waals surface area contributed by atoms with Crippen molar-refractivity contribution in [2.75, 3.05) is 5.73 Å². The Bertz CT molecular complexity index is 906. The lowest BCUT2D eigenvalue weighted by Crippen LogP contribution is -2.33. The smallest absolute Gasteiger partial charge is 0.271 e. The van der Waals surface area contributed by atoms with E-state index >= 15 is 0 Å². The van der Waals surface area contributed by atoms with Crippen molar-refractivity contribution >= 4 is 23.3 Å². The number of primary amides is 1. The predicted molar refractivity (Wildman–Crippen MR) is 99.5 cm³/mol. The molecular formula is C19H19ClN4O2. The molecule has 6 nitrogen and oxygen atoms in total. The summed E-state index contributed by atoms with van der Waals surface area (Å²) in [5, 5.41) is 11.5. The van der Waals surface area contributed by atoms with Crippen LogP contribution in [-0.2, 0) is 0 Å². The summed E-state index contributed by atoms with van der Waals surface area (Å²) in [5.74, 6) is 5.23. The number of carbonyl (C=O) groups excluding carboxylic acids is 1. The lowest BCUT2D eigenvalue weighted by molar-refractivity contribution is 0.0513. The van der Waals surface area contributed by atoms with Crippen molar-refractivity contribution in [2.24, 2.45) is 5.73 Å². The molecule has 0 saturated heterocycles. The average molecular weight is 371 g/mol. The molecule has 2 atom stereocenters. The fraction of sp³-hybridized carbons (Fsp3) is 0.316. The normalized spacial score (nSPS) is 22.3. The monoisotopic (exact) mass is 370 g/mol. The molecule has 0 bridgehead atoms. The number of aliphatic hydroxyl groups is 1. The highest BCUT2D eigenvalue weighted by atomic mass is 35.5. The molecule has 1 aliphatic rings. The van der Waals surface area contributed by atoms with Crippen LogP contribution in [0.15, 0.2) is 30.5 Å². The van der Waals surface area contributed by atoms with Crippen LogP contribution in [0.3, 0.4) is 0 Å². The van der Waals surface area contributed by atoms with Gasteiger partial charge >= 0.3 is 0 Å². The van der Waals surface area contributed by atoms with Crippen LogP contribution in [0.2, 0.25) is 5.02 Å². The first-order valence-electron chi connectivity index (χ1n) is 8.30. The highest BCUT2D eigenvalue weighted by Gasteiger charge is 2.34. The molecule has 0 aliphatic heterocycles. The molecule has 0 spiro atoms. The van der Waals surface area contributed by atoms with Gasteiger partial charge in [0.15, 0.2) is 11.5 Å². The van der Waals surface area contributed by atoms with Crippen LogP contribution in [0.25, 0.3) is 0 Å². The number of anilines is 1. The van der Waals surface area contributed by atoms with Crippen molar-refractivity contribution in [2.45, 2.75) is 37.2 Å². The van der Waals surface area contributed by atoms with Crippen molar-refractivity contribution in [1.29, 1.82) is 0 Å². The summed E-state index contributed by atoms with van der Waals surface area (Å²) in [6.07, 6.45) is 4.14. The minimum absolute atomic E-state index is 0.00845. The molecule has 1 aromatic carbocycles. The average Bonchev–Trinajstić information content (AvgIpc) is 2.60. The Morgan fingerprint density at radius 2 is 2.23 bits per heavy atom. The molecule has 1 fully saturated rings. The predicted octanol–water partition coefficient (Wildman–Crippen LogP) is 2.25. The molecule has 134 valence electrons. The van der Waals surface area contributed by atoms with Gasteiger partial charge in [0.05, 0.1) is 5.69 Å². The molecule has 3 rings (SSSR count). The fourth-order valence-electron chi connectivity index (χ4n) is 3.18. The molecule has 0 radical (unpaired) electrons. The summed E-state index contributed by atoms with van der Waals surface area (Å²) in [6.45, 7) is 0. The fourth-order valence-corrected chi connectivity index (χ4v) is 3.37. The summed E-state index contributed by atoms with van der Waals surface area (Å²) in [5.41, 5.74) is 11.2. The van der Waals surface area contributed by atoms with E-state index in [2.05, 4.69) is 21.8 Å². The zero-order valence-corrected chi connectivity index (χ0v) is 14.8. The van der Waals surface area contributed by atoms with Gasteiger partial charge in [0.2, 0.25) is 0 Å². The topological polar surface area (TPSA) is 115 Å². The maximum Gasteiger partial charge on any atom is 0.271 e. The Morgan fingerprint density at radius 3 is 2.92 bits per heavy atom. The molecular weight excluding hydrogens is 352 g/mol. The second kappa shape index (κ2) is 7.32. The van der Waals surface area contributed by atoms with Crippen LogP contribution >= 0.6 is 11.6 Å². The molecule has 1 aromatic heterocycles. The van der Waals surface area contributed by atoms with Gasteiger partial charge < -0.3 is 16.6 Å². The number of nitrogens with two attached hydrogens (primary N) is 2. The number of nitrogen functional groups attached to an aromatic ring is 1. The minimum Gasteiger partial charge on any atom is -0.382 e. The lowest BCUT2D eigenvalue weighted by Gasteiger charge is -2.32. The van der Waals surface area contributed by atoms with E-state index in [0.717, 1.165) is 18.4 Å². The zero-order valence-electron chi connectivity index (χ0n) is 14.1. The SMILES string of the molecule is NC(=O)c1ncc([C@H]2CCC[C@@](O)(C#Cc3cccc(Cl)c3)C2)nc1N. The first-order chi connectivity index (χ1) is 12.4. The van der Waals surface area contributed by atoms with Gasteiger partial charge in [0.1, 0.15) is 5.60 Å². The van der Waals surface area contributed by atoms with E-state index in [-0.39, 0.29) is 17.4 Å². The van der Waals surface area contributed by atoms with E-state index in [4.69, 9.17) is 23.1 Å². The Balaban J connectivity index is 1.81. The molecule has 26 heavy (non-hydrogen) atoms. The van der Waals surface area contributed by atoms with E-state index in [1.807, 2.05) is 12.1 Å². The van der Waals surface area contributed by atoms with Gasteiger partial charge in [-0.1, -0.05) is 29.5 Å². The lowest BCUT2D eigenvalue weighted by atomic mass is 9.77. The van der Waals surface area contributed by atoms with Gasteiger partial charge in [-0.2, -0.15) is 0 Å². The Labute approximate surface area is 156 Å². The molecule has 2 aromatic rings. The molecule has 7 heteroatoms.